The zero-order valence-corrected chi connectivity index (χ0v) is 8.92. The zero-order chi connectivity index (χ0) is 12.2. The maximum absolute atomic E-state index is 10.1. The van der Waals surface area contributed by atoms with E-state index in [9.17, 15) is 9.59 Å². The maximum Gasteiger partial charge on any atom is 0.305 e. The predicted molar refractivity (Wildman–Crippen MR) is 55.3 cm³/mol. The van der Waals surface area contributed by atoms with Crippen LogP contribution in [0.25, 0.3) is 0 Å². The van der Waals surface area contributed by atoms with Crippen LogP contribution in [0.4, 0.5) is 0 Å². The molecule has 92 valence electrons. The van der Waals surface area contributed by atoms with Gasteiger partial charge in [0.25, 0.3) is 0 Å². The minimum absolute atomic E-state index is 0.0110. The summed E-state index contributed by atoms with van der Waals surface area (Å²) in [6.45, 7) is 1.02. The SMILES string of the molecule is O=C(O)CCOCC=CCOCCC(=O)O. The van der Waals surface area contributed by atoms with Crippen molar-refractivity contribution in [3.8, 4) is 0 Å². The van der Waals surface area contributed by atoms with E-state index in [0.717, 1.165) is 0 Å². The number of carbonyl (C=O) groups is 2. The first-order valence-electron chi connectivity index (χ1n) is 4.87. The van der Waals surface area contributed by atoms with Crippen molar-refractivity contribution in [2.75, 3.05) is 26.4 Å². The van der Waals surface area contributed by atoms with Crippen LogP contribution in [-0.4, -0.2) is 48.6 Å². The number of hydrogen-bond donors (Lipinski definition) is 2. The second-order valence-electron chi connectivity index (χ2n) is 2.91. The smallest absolute Gasteiger partial charge is 0.305 e. The van der Waals surface area contributed by atoms with E-state index in [0.29, 0.717) is 13.2 Å². The van der Waals surface area contributed by atoms with E-state index in [1.165, 1.54) is 0 Å². The highest BCUT2D eigenvalue weighted by Crippen LogP contribution is 1.86. The molecule has 0 unspecified atom stereocenters. The van der Waals surface area contributed by atoms with Crippen LogP contribution in [0.5, 0.6) is 0 Å². The summed E-state index contributed by atoms with van der Waals surface area (Å²) in [4.78, 5) is 20.2. The Bertz CT molecular complexity index is 211. The molecule has 0 aromatic heterocycles. The molecule has 2 N–H and O–H groups in total. The molecular formula is C10H16O6. The van der Waals surface area contributed by atoms with Crippen molar-refractivity contribution in [3.05, 3.63) is 12.2 Å². The third kappa shape index (κ3) is 12.6. The summed E-state index contributed by atoms with van der Waals surface area (Å²) in [6.07, 6.45) is 3.37. The molecule has 0 radical (unpaired) electrons. The summed E-state index contributed by atoms with van der Waals surface area (Å²) in [5.74, 6) is -1.78. The third-order valence-electron chi connectivity index (χ3n) is 1.52. The third-order valence-corrected chi connectivity index (χ3v) is 1.52. The quantitative estimate of drug-likeness (QED) is 0.421. The first-order chi connectivity index (χ1) is 7.63. The second kappa shape index (κ2) is 10.1. The minimum Gasteiger partial charge on any atom is -0.481 e. The molecule has 0 aromatic rings. The van der Waals surface area contributed by atoms with Gasteiger partial charge < -0.3 is 19.7 Å². The molecule has 0 aliphatic heterocycles. The Labute approximate surface area is 93.5 Å². The highest BCUT2D eigenvalue weighted by molar-refractivity contribution is 5.67. The van der Waals surface area contributed by atoms with E-state index in [1.807, 2.05) is 0 Å². The summed E-state index contributed by atoms with van der Waals surface area (Å²) in [7, 11) is 0. The lowest BCUT2D eigenvalue weighted by Crippen LogP contribution is -2.03. The van der Waals surface area contributed by atoms with Crippen LogP contribution in [-0.2, 0) is 19.1 Å². The normalized spacial score (nSPS) is 10.8. The summed E-state index contributed by atoms with van der Waals surface area (Å²) in [5, 5.41) is 16.6. The Kier molecular flexibility index (Phi) is 9.24. The lowest BCUT2D eigenvalue weighted by atomic mass is 10.4. The molecule has 16 heavy (non-hydrogen) atoms. The lowest BCUT2D eigenvalue weighted by Gasteiger charge is -1.98. The first-order valence-corrected chi connectivity index (χ1v) is 4.87. The molecule has 0 saturated carbocycles. The zero-order valence-electron chi connectivity index (χ0n) is 8.92. The van der Waals surface area contributed by atoms with E-state index >= 15 is 0 Å². The van der Waals surface area contributed by atoms with Gasteiger partial charge in [0.2, 0.25) is 0 Å². The van der Waals surface area contributed by atoms with Crippen molar-refractivity contribution in [2.24, 2.45) is 0 Å². The molecule has 0 atom stereocenters. The number of aliphatic carboxylic acids is 2. The van der Waals surface area contributed by atoms with Gasteiger partial charge in [-0.25, -0.2) is 0 Å². The molecule has 6 nitrogen and oxygen atoms in total. The summed E-state index contributed by atoms with van der Waals surface area (Å²) in [6, 6.07) is 0. The van der Waals surface area contributed by atoms with E-state index in [4.69, 9.17) is 19.7 Å². The summed E-state index contributed by atoms with van der Waals surface area (Å²) >= 11 is 0. The average Bonchev–Trinajstić information content (AvgIpc) is 2.20. The number of rotatable bonds is 10. The van der Waals surface area contributed by atoms with Crippen LogP contribution in [0.1, 0.15) is 12.8 Å². The number of hydrogen-bond acceptors (Lipinski definition) is 4. The largest absolute Gasteiger partial charge is 0.481 e. The summed E-state index contributed by atoms with van der Waals surface area (Å²) < 4.78 is 9.94. The van der Waals surface area contributed by atoms with Gasteiger partial charge in [0.15, 0.2) is 0 Å². The van der Waals surface area contributed by atoms with Gasteiger partial charge in [-0.1, -0.05) is 12.2 Å². The minimum atomic E-state index is -0.888. The molecule has 0 amide bonds. The molecular weight excluding hydrogens is 216 g/mol. The molecule has 0 saturated heterocycles. The van der Waals surface area contributed by atoms with Crippen molar-refractivity contribution >= 4 is 11.9 Å². The van der Waals surface area contributed by atoms with Gasteiger partial charge >= 0.3 is 11.9 Å². The molecule has 6 heteroatoms. The Morgan fingerprint density at radius 1 is 0.875 bits per heavy atom. The van der Waals surface area contributed by atoms with Crippen LogP contribution >= 0.6 is 0 Å². The fraction of sp³-hybridized carbons (Fsp3) is 0.600. The molecule has 0 spiro atoms. The van der Waals surface area contributed by atoms with Crippen molar-refractivity contribution in [3.63, 3.8) is 0 Å². The number of carboxylic acid groups (broad SMARTS) is 2. The Morgan fingerprint density at radius 3 is 1.56 bits per heavy atom. The molecule has 0 aliphatic rings. The first kappa shape index (κ1) is 14.6. The van der Waals surface area contributed by atoms with Gasteiger partial charge in [0, 0.05) is 0 Å². The number of carboxylic acids is 2. The standard InChI is InChI=1S/C10H16O6/c11-9(12)3-7-15-5-1-2-6-16-8-4-10(13)14/h1-2H,3-8H2,(H,11,12)(H,13,14). The predicted octanol–water partition coefficient (Wildman–Crippen LogP) is 0.525. The molecule has 0 aliphatic carbocycles. The van der Waals surface area contributed by atoms with Crippen LogP contribution in [0.3, 0.4) is 0 Å². The molecule has 0 heterocycles. The van der Waals surface area contributed by atoms with E-state index in [1.54, 1.807) is 12.2 Å². The Balaban J connectivity index is 3.16. The number of ether oxygens (including phenoxy) is 2. The van der Waals surface area contributed by atoms with Gasteiger partial charge in [-0.2, -0.15) is 0 Å². The van der Waals surface area contributed by atoms with Crippen molar-refractivity contribution in [2.45, 2.75) is 12.8 Å². The fourth-order valence-corrected chi connectivity index (χ4v) is 0.758. The van der Waals surface area contributed by atoms with Crippen molar-refractivity contribution in [1.29, 1.82) is 0 Å². The van der Waals surface area contributed by atoms with Crippen molar-refractivity contribution in [1.82, 2.24) is 0 Å². The molecule has 0 bridgehead atoms. The lowest BCUT2D eigenvalue weighted by molar-refractivity contribution is -0.139. The van der Waals surface area contributed by atoms with E-state index < -0.39 is 11.9 Å². The monoisotopic (exact) mass is 232 g/mol. The van der Waals surface area contributed by atoms with E-state index in [2.05, 4.69) is 0 Å². The maximum atomic E-state index is 10.1. The van der Waals surface area contributed by atoms with Crippen molar-refractivity contribution < 1.29 is 29.3 Å². The van der Waals surface area contributed by atoms with Crippen LogP contribution in [0.15, 0.2) is 12.2 Å². The van der Waals surface area contributed by atoms with Crippen LogP contribution in [0, 0.1) is 0 Å². The van der Waals surface area contributed by atoms with Gasteiger partial charge in [0.1, 0.15) is 0 Å². The molecule has 0 fully saturated rings. The topological polar surface area (TPSA) is 93.1 Å². The fourth-order valence-electron chi connectivity index (χ4n) is 0.758. The summed E-state index contributed by atoms with van der Waals surface area (Å²) in [5.41, 5.74) is 0. The van der Waals surface area contributed by atoms with Crippen LogP contribution < -0.4 is 0 Å². The van der Waals surface area contributed by atoms with Gasteiger partial charge in [-0.15, -0.1) is 0 Å². The Morgan fingerprint density at radius 2 is 1.25 bits per heavy atom. The highest BCUT2D eigenvalue weighted by Gasteiger charge is 1.95. The average molecular weight is 232 g/mol. The van der Waals surface area contributed by atoms with Gasteiger partial charge in [-0.05, 0) is 0 Å². The molecule has 0 aromatic carbocycles. The second-order valence-corrected chi connectivity index (χ2v) is 2.91. The highest BCUT2D eigenvalue weighted by atomic mass is 16.5. The van der Waals surface area contributed by atoms with Crippen LogP contribution in [0.2, 0.25) is 0 Å². The molecule has 0 rings (SSSR count). The van der Waals surface area contributed by atoms with Gasteiger partial charge in [-0.3, -0.25) is 9.59 Å². The van der Waals surface area contributed by atoms with E-state index in [-0.39, 0.29) is 26.1 Å². The van der Waals surface area contributed by atoms with Gasteiger partial charge in [0.05, 0.1) is 39.3 Å². The Hall–Kier alpha value is -1.40.